The minimum absolute atomic E-state index is 0.0379. The first-order chi connectivity index (χ1) is 8.13. The van der Waals surface area contributed by atoms with Crippen LogP contribution in [0.25, 0.3) is 0 Å². The highest BCUT2D eigenvalue weighted by Gasteiger charge is 1.93. The van der Waals surface area contributed by atoms with E-state index in [0.29, 0.717) is 0 Å². The summed E-state index contributed by atoms with van der Waals surface area (Å²) in [7, 11) is 0. The summed E-state index contributed by atoms with van der Waals surface area (Å²) in [5.41, 5.74) is 0. The van der Waals surface area contributed by atoms with Crippen molar-refractivity contribution in [3.8, 4) is 0 Å². The lowest BCUT2D eigenvalue weighted by Gasteiger charge is -2.05. The molecule has 0 saturated heterocycles. The smallest absolute Gasteiger partial charge is 0.216 e. The highest BCUT2D eigenvalue weighted by Crippen LogP contribution is 1.87. The van der Waals surface area contributed by atoms with Crippen molar-refractivity contribution in [3.63, 3.8) is 0 Å². The fourth-order valence-corrected chi connectivity index (χ4v) is 1.40. The van der Waals surface area contributed by atoms with Gasteiger partial charge in [0.2, 0.25) is 11.8 Å². The molecule has 0 radical (unpaired) electrons. The van der Waals surface area contributed by atoms with E-state index >= 15 is 0 Å². The Bertz CT molecular complexity index is 198. The summed E-state index contributed by atoms with van der Waals surface area (Å²) < 4.78 is 0. The fraction of sp³-hybridized carbons (Fsp3) is 0.833. The van der Waals surface area contributed by atoms with Gasteiger partial charge in [-0.15, -0.1) is 0 Å². The van der Waals surface area contributed by atoms with Crippen LogP contribution in [0.3, 0.4) is 0 Å². The van der Waals surface area contributed by atoms with Gasteiger partial charge in [-0.1, -0.05) is 0 Å². The second-order valence-corrected chi connectivity index (χ2v) is 4.13. The molecule has 0 unspecified atom stereocenters. The summed E-state index contributed by atoms with van der Waals surface area (Å²) in [5, 5.41) is 8.87. The van der Waals surface area contributed by atoms with E-state index in [1.54, 1.807) is 0 Å². The third-order valence-corrected chi connectivity index (χ3v) is 2.31. The van der Waals surface area contributed by atoms with Crippen molar-refractivity contribution >= 4 is 11.8 Å². The number of carbonyl (C=O) groups excluding carboxylic acids is 2. The molecule has 0 aliphatic heterocycles. The SMILES string of the molecule is CC(=O)NCCCCNCCCCNC(C)=O. The van der Waals surface area contributed by atoms with Crippen LogP contribution >= 0.6 is 0 Å². The molecule has 3 N–H and O–H groups in total. The first-order valence-corrected chi connectivity index (χ1v) is 6.32. The van der Waals surface area contributed by atoms with Crippen LogP contribution in [0.5, 0.6) is 0 Å². The van der Waals surface area contributed by atoms with Gasteiger partial charge in [0.25, 0.3) is 0 Å². The molecule has 0 aliphatic rings. The molecule has 0 aliphatic carbocycles. The van der Waals surface area contributed by atoms with Gasteiger partial charge in [-0.05, 0) is 38.8 Å². The molecule has 0 aromatic heterocycles. The summed E-state index contributed by atoms with van der Waals surface area (Å²) in [4.78, 5) is 21.1. The average molecular weight is 243 g/mol. The Balaban J connectivity index is 2.98. The van der Waals surface area contributed by atoms with Crippen molar-refractivity contribution in [1.82, 2.24) is 16.0 Å². The third kappa shape index (κ3) is 14.9. The summed E-state index contributed by atoms with van der Waals surface area (Å²) >= 11 is 0. The van der Waals surface area contributed by atoms with Crippen LogP contribution in [0, 0.1) is 0 Å². The maximum absolute atomic E-state index is 10.6. The van der Waals surface area contributed by atoms with Gasteiger partial charge in [-0.25, -0.2) is 0 Å². The molecule has 17 heavy (non-hydrogen) atoms. The number of rotatable bonds is 10. The molecule has 5 heteroatoms. The number of hydrogen-bond donors (Lipinski definition) is 3. The molecule has 0 aromatic carbocycles. The Morgan fingerprint density at radius 2 is 1.06 bits per heavy atom. The Morgan fingerprint density at radius 3 is 1.41 bits per heavy atom. The van der Waals surface area contributed by atoms with Crippen LogP contribution in [-0.4, -0.2) is 38.0 Å². The molecule has 5 nitrogen and oxygen atoms in total. The normalized spacial score (nSPS) is 10.0. The number of nitrogens with one attached hydrogen (secondary N) is 3. The summed E-state index contributed by atoms with van der Waals surface area (Å²) in [6, 6.07) is 0. The highest BCUT2D eigenvalue weighted by atomic mass is 16.1. The standard InChI is InChI=1S/C12H25N3O2/c1-11(16)14-9-5-3-7-13-8-4-6-10-15-12(2)17/h13H,3-10H2,1-2H3,(H,14,16)(H,15,17). The zero-order valence-electron chi connectivity index (χ0n) is 11.0. The second-order valence-electron chi connectivity index (χ2n) is 4.13. The van der Waals surface area contributed by atoms with Gasteiger partial charge >= 0.3 is 0 Å². The van der Waals surface area contributed by atoms with Crippen molar-refractivity contribution in [2.75, 3.05) is 26.2 Å². The Kier molecular flexibility index (Phi) is 10.7. The second kappa shape index (κ2) is 11.4. The largest absolute Gasteiger partial charge is 0.356 e. The van der Waals surface area contributed by atoms with E-state index in [9.17, 15) is 9.59 Å². The van der Waals surface area contributed by atoms with Gasteiger partial charge in [-0.2, -0.15) is 0 Å². The van der Waals surface area contributed by atoms with Gasteiger partial charge in [0, 0.05) is 26.9 Å². The quantitative estimate of drug-likeness (QED) is 0.487. The third-order valence-electron chi connectivity index (χ3n) is 2.31. The summed E-state index contributed by atoms with van der Waals surface area (Å²) in [6.45, 7) is 6.57. The summed E-state index contributed by atoms with van der Waals surface area (Å²) in [6.07, 6.45) is 4.18. The highest BCUT2D eigenvalue weighted by molar-refractivity contribution is 5.72. The Morgan fingerprint density at radius 1 is 0.706 bits per heavy atom. The van der Waals surface area contributed by atoms with E-state index in [-0.39, 0.29) is 11.8 Å². The van der Waals surface area contributed by atoms with Gasteiger partial charge < -0.3 is 16.0 Å². The molecule has 0 heterocycles. The molecular weight excluding hydrogens is 218 g/mol. The van der Waals surface area contributed by atoms with Crippen LogP contribution in [0.1, 0.15) is 39.5 Å². The molecular formula is C12H25N3O2. The minimum Gasteiger partial charge on any atom is -0.356 e. The van der Waals surface area contributed by atoms with Crippen LogP contribution in [0.4, 0.5) is 0 Å². The molecule has 100 valence electrons. The lowest BCUT2D eigenvalue weighted by molar-refractivity contribution is -0.119. The topological polar surface area (TPSA) is 70.2 Å². The molecule has 0 aromatic rings. The molecule has 2 amide bonds. The zero-order chi connectivity index (χ0) is 12.9. The van der Waals surface area contributed by atoms with Crippen molar-refractivity contribution in [2.24, 2.45) is 0 Å². The first kappa shape index (κ1) is 15.9. The van der Waals surface area contributed by atoms with Crippen LogP contribution in [0.15, 0.2) is 0 Å². The molecule has 0 spiro atoms. The minimum atomic E-state index is 0.0379. The molecule has 0 atom stereocenters. The van der Waals surface area contributed by atoms with Gasteiger partial charge in [0.15, 0.2) is 0 Å². The van der Waals surface area contributed by atoms with Crippen molar-refractivity contribution in [2.45, 2.75) is 39.5 Å². The maximum Gasteiger partial charge on any atom is 0.216 e. The number of unbranched alkanes of at least 4 members (excludes halogenated alkanes) is 2. The lowest BCUT2D eigenvalue weighted by atomic mass is 10.2. The van der Waals surface area contributed by atoms with Crippen LogP contribution in [-0.2, 0) is 9.59 Å². The van der Waals surface area contributed by atoms with Gasteiger partial charge in [-0.3, -0.25) is 9.59 Å². The molecule has 0 rings (SSSR count). The molecule has 0 bridgehead atoms. The van der Waals surface area contributed by atoms with Crippen LogP contribution < -0.4 is 16.0 Å². The van der Waals surface area contributed by atoms with Crippen LogP contribution in [0.2, 0.25) is 0 Å². The zero-order valence-corrected chi connectivity index (χ0v) is 11.0. The monoisotopic (exact) mass is 243 g/mol. The lowest BCUT2D eigenvalue weighted by Crippen LogP contribution is -2.24. The molecule has 0 fully saturated rings. The van der Waals surface area contributed by atoms with Gasteiger partial charge in [0.1, 0.15) is 0 Å². The van der Waals surface area contributed by atoms with Crippen molar-refractivity contribution in [1.29, 1.82) is 0 Å². The van der Waals surface area contributed by atoms with E-state index in [1.807, 2.05) is 0 Å². The van der Waals surface area contributed by atoms with Gasteiger partial charge in [0.05, 0.1) is 0 Å². The number of amides is 2. The molecule has 0 saturated carbocycles. The predicted molar refractivity (Wildman–Crippen MR) is 68.7 cm³/mol. The summed E-state index contributed by atoms with van der Waals surface area (Å²) in [5.74, 6) is 0.0758. The fourth-order valence-electron chi connectivity index (χ4n) is 1.40. The Labute approximate surface area is 104 Å². The van der Waals surface area contributed by atoms with E-state index in [0.717, 1.165) is 51.9 Å². The van der Waals surface area contributed by atoms with E-state index in [4.69, 9.17) is 0 Å². The van der Waals surface area contributed by atoms with E-state index in [1.165, 1.54) is 13.8 Å². The van der Waals surface area contributed by atoms with E-state index in [2.05, 4.69) is 16.0 Å². The van der Waals surface area contributed by atoms with Crippen molar-refractivity contribution < 1.29 is 9.59 Å². The number of hydrogen-bond acceptors (Lipinski definition) is 3. The maximum atomic E-state index is 10.6. The first-order valence-electron chi connectivity index (χ1n) is 6.32. The van der Waals surface area contributed by atoms with E-state index < -0.39 is 0 Å². The van der Waals surface area contributed by atoms with Crippen molar-refractivity contribution in [3.05, 3.63) is 0 Å². The average Bonchev–Trinajstić information content (AvgIpc) is 2.25. The Hall–Kier alpha value is -1.10. The number of carbonyl (C=O) groups is 2. The predicted octanol–water partition coefficient (Wildman–Crippen LogP) is 0.409.